The monoisotopic (exact) mass is 222 g/mol. The van der Waals surface area contributed by atoms with Crippen LogP contribution in [-0.4, -0.2) is 24.6 Å². The molecule has 0 aromatic heterocycles. The molecule has 0 radical (unpaired) electrons. The highest BCUT2D eigenvalue weighted by Crippen LogP contribution is 2.15. The van der Waals surface area contributed by atoms with Crippen molar-refractivity contribution in [2.45, 2.75) is 20.1 Å². The van der Waals surface area contributed by atoms with Gasteiger partial charge in [0.1, 0.15) is 5.75 Å². The lowest BCUT2D eigenvalue weighted by Crippen LogP contribution is -2.15. The molecule has 0 heterocycles. The maximum absolute atomic E-state index is 8.63. The summed E-state index contributed by atoms with van der Waals surface area (Å²) in [6.45, 7) is 4.49. The summed E-state index contributed by atoms with van der Waals surface area (Å²) in [4.78, 5) is 0. The van der Waals surface area contributed by atoms with Crippen LogP contribution in [0.15, 0.2) is 30.3 Å². The number of hydrogen-bond acceptors (Lipinski definition) is 3. The highest BCUT2D eigenvalue weighted by atomic mass is 16.7. The molecule has 88 valence electrons. The van der Waals surface area contributed by atoms with E-state index in [-0.39, 0.29) is 12.9 Å². The summed E-state index contributed by atoms with van der Waals surface area (Å²) in [6.07, 6.45) is 3.32. The summed E-state index contributed by atoms with van der Waals surface area (Å²) >= 11 is 0. The first-order chi connectivity index (χ1) is 7.76. The molecule has 0 saturated heterocycles. The molecule has 3 nitrogen and oxygen atoms in total. The molecule has 16 heavy (non-hydrogen) atoms. The number of rotatable bonds is 6. The van der Waals surface area contributed by atoms with E-state index in [1.807, 2.05) is 44.2 Å². The van der Waals surface area contributed by atoms with E-state index >= 15 is 0 Å². The molecule has 0 spiro atoms. The Morgan fingerprint density at radius 1 is 1.31 bits per heavy atom. The lowest BCUT2D eigenvalue weighted by atomic mass is 10.2. The Morgan fingerprint density at radius 3 is 2.56 bits per heavy atom. The minimum atomic E-state index is -0.233. The average Bonchev–Trinajstić information content (AvgIpc) is 2.28. The van der Waals surface area contributed by atoms with Crippen LogP contribution in [0.25, 0.3) is 6.08 Å². The SMILES string of the molecule is CCOC(C)Oc1ccc(/C=C/CO)cc1. The maximum atomic E-state index is 8.63. The van der Waals surface area contributed by atoms with E-state index in [9.17, 15) is 0 Å². The van der Waals surface area contributed by atoms with E-state index in [4.69, 9.17) is 14.6 Å². The zero-order chi connectivity index (χ0) is 11.8. The number of hydrogen-bond donors (Lipinski definition) is 1. The zero-order valence-corrected chi connectivity index (χ0v) is 9.72. The van der Waals surface area contributed by atoms with Crippen LogP contribution in [-0.2, 0) is 4.74 Å². The van der Waals surface area contributed by atoms with Gasteiger partial charge in [0.2, 0.25) is 0 Å². The first-order valence-corrected chi connectivity index (χ1v) is 5.42. The van der Waals surface area contributed by atoms with Crippen molar-refractivity contribution in [3.05, 3.63) is 35.9 Å². The molecule has 0 aliphatic carbocycles. The van der Waals surface area contributed by atoms with Gasteiger partial charge in [-0.05, 0) is 31.5 Å². The van der Waals surface area contributed by atoms with Crippen LogP contribution in [0.2, 0.25) is 0 Å². The Kier molecular flexibility index (Phi) is 5.61. The first kappa shape index (κ1) is 12.7. The predicted molar refractivity (Wildman–Crippen MR) is 64.3 cm³/mol. The van der Waals surface area contributed by atoms with Gasteiger partial charge in [0.25, 0.3) is 0 Å². The van der Waals surface area contributed by atoms with Gasteiger partial charge in [-0.25, -0.2) is 0 Å². The Labute approximate surface area is 96.3 Å². The molecule has 3 heteroatoms. The van der Waals surface area contributed by atoms with Crippen LogP contribution in [0.4, 0.5) is 0 Å². The summed E-state index contributed by atoms with van der Waals surface area (Å²) in [5, 5.41) is 8.63. The lowest BCUT2D eigenvalue weighted by Gasteiger charge is -2.14. The fourth-order valence-electron chi connectivity index (χ4n) is 1.31. The van der Waals surface area contributed by atoms with Gasteiger partial charge in [0.15, 0.2) is 6.29 Å². The van der Waals surface area contributed by atoms with Crippen LogP contribution in [0.1, 0.15) is 19.4 Å². The van der Waals surface area contributed by atoms with Crippen molar-refractivity contribution in [2.24, 2.45) is 0 Å². The third-order valence-corrected chi connectivity index (χ3v) is 2.00. The summed E-state index contributed by atoms with van der Waals surface area (Å²) in [5.41, 5.74) is 1.03. The first-order valence-electron chi connectivity index (χ1n) is 5.42. The molecular formula is C13H18O3. The van der Waals surface area contributed by atoms with Crippen molar-refractivity contribution >= 4 is 6.08 Å². The smallest absolute Gasteiger partial charge is 0.196 e. The molecule has 0 aliphatic rings. The molecule has 0 bridgehead atoms. The van der Waals surface area contributed by atoms with Crippen molar-refractivity contribution < 1.29 is 14.6 Å². The average molecular weight is 222 g/mol. The van der Waals surface area contributed by atoms with Crippen LogP contribution < -0.4 is 4.74 Å². The van der Waals surface area contributed by atoms with Gasteiger partial charge in [-0.15, -0.1) is 0 Å². The number of aliphatic hydroxyl groups excluding tert-OH is 1. The molecule has 0 aliphatic heterocycles. The van der Waals surface area contributed by atoms with Crippen LogP contribution in [0.3, 0.4) is 0 Å². The Bertz CT molecular complexity index is 316. The van der Waals surface area contributed by atoms with Gasteiger partial charge >= 0.3 is 0 Å². The zero-order valence-electron chi connectivity index (χ0n) is 9.72. The van der Waals surface area contributed by atoms with Gasteiger partial charge in [0.05, 0.1) is 6.61 Å². The second-order valence-electron chi connectivity index (χ2n) is 3.29. The molecule has 0 fully saturated rings. The fourth-order valence-corrected chi connectivity index (χ4v) is 1.31. The van der Waals surface area contributed by atoms with E-state index < -0.39 is 0 Å². The molecule has 1 unspecified atom stereocenters. The van der Waals surface area contributed by atoms with Gasteiger partial charge in [-0.1, -0.05) is 24.3 Å². The van der Waals surface area contributed by atoms with Crippen LogP contribution in [0.5, 0.6) is 5.75 Å². The molecule has 1 aromatic carbocycles. The summed E-state index contributed by atoms with van der Waals surface area (Å²) in [6, 6.07) is 7.62. The molecule has 0 saturated carbocycles. The quantitative estimate of drug-likeness (QED) is 0.751. The molecule has 1 atom stereocenters. The van der Waals surface area contributed by atoms with E-state index in [1.54, 1.807) is 6.08 Å². The van der Waals surface area contributed by atoms with Crippen molar-refractivity contribution in [1.82, 2.24) is 0 Å². The van der Waals surface area contributed by atoms with Crippen LogP contribution >= 0.6 is 0 Å². The molecule has 0 amide bonds. The van der Waals surface area contributed by atoms with Crippen molar-refractivity contribution in [1.29, 1.82) is 0 Å². The summed E-state index contributed by atoms with van der Waals surface area (Å²) in [5.74, 6) is 0.780. The second-order valence-corrected chi connectivity index (χ2v) is 3.29. The minimum Gasteiger partial charge on any atom is -0.465 e. The van der Waals surface area contributed by atoms with E-state index in [2.05, 4.69) is 0 Å². The standard InChI is InChI=1S/C13H18O3/c1-3-15-11(2)16-13-8-6-12(7-9-13)5-4-10-14/h4-9,11,14H,3,10H2,1-2H3/b5-4+. The highest BCUT2D eigenvalue weighted by Gasteiger charge is 2.01. The van der Waals surface area contributed by atoms with E-state index in [1.165, 1.54) is 0 Å². The maximum Gasteiger partial charge on any atom is 0.196 e. The third-order valence-electron chi connectivity index (χ3n) is 2.00. The van der Waals surface area contributed by atoms with Crippen molar-refractivity contribution in [3.63, 3.8) is 0 Å². The number of aliphatic hydroxyl groups is 1. The Balaban J connectivity index is 2.54. The topological polar surface area (TPSA) is 38.7 Å². The van der Waals surface area contributed by atoms with Gasteiger partial charge in [-0.2, -0.15) is 0 Å². The van der Waals surface area contributed by atoms with Gasteiger partial charge < -0.3 is 14.6 Å². The minimum absolute atomic E-state index is 0.0552. The summed E-state index contributed by atoms with van der Waals surface area (Å²) in [7, 11) is 0. The highest BCUT2D eigenvalue weighted by molar-refractivity contribution is 5.50. The Morgan fingerprint density at radius 2 is 2.00 bits per heavy atom. The van der Waals surface area contributed by atoms with Gasteiger partial charge in [-0.3, -0.25) is 0 Å². The fraction of sp³-hybridized carbons (Fsp3) is 0.385. The number of ether oxygens (including phenoxy) is 2. The lowest BCUT2D eigenvalue weighted by molar-refractivity contribution is -0.0613. The number of benzene rings is 1. The van der Waals surface area contributed by atoms with Crippen molar-refractivity contribution in [2.75, 3.05) is 13.2 Å². The van der Waals surface area contributed by atoms with Crippen LogP contribution in [0, 0.1) is 0 Å². The van der Waals surface area contributed by atoms with Crippen molar-refractivity contribution in [3.8, 4) is 5.75 Å². The molecule has 1 N–H and O–H groups in total. The normalized spacial score (nSPS) is 12.9. The Hall–Kier alpha value is -1.32. The van der Waals surface area contributed by atoms with Gasteiger partial charge in [0, 0.05) is 6.61 Å². The van der Waals surface area contributed by atoms with E-state index in [0.717, 1.165) is 11.3 Å². The molecule has 1 aromatic rings. The largest absolute Gasteiger partial charge is 0.465 e. The third kappa shape index (κ3) is 4.47. The molecular weight excluding hydrogens is 204 g/mol. The second kappa shape index (κ2) is 7.04. The van der Waals surface area contributed by atoms with E-state index in [0.29, 0.717) is 6.61 Å². The predicted octanol–water partition coefficient (Wildman–Crippen LogP) is 2.45. The molecule has 1 rings (SSSR count). The summed E-state index contributed by atoms with van der Waals surface area (Å²) < 4.78 is 10.8.